The largest absolute Gasteiger partial charge is 0.465 e. The molecule has 2 rings (SSSR count). The van der Waals surface area contributed by atoms with Gasteiger partial charge in [-0.2, -0.15) is 0 Å². The van der Waals surface area contributed by atoms with E-state index in [1.165, 1.54) is 13.4 Å². The fourth-order valence-corrected chi connectivity index (χ4v) is 1.83. The lowest BCUT2D eigenvalue weighted by Gasteiger charge is -2.19. The molecular formula is C16H17NO5. The van der Waals surface area contributed by atoms with Crippen LogP contribution in [-0.4, -0.2) is 29.8 Å². The number of esters is 2. The van der Waals surface area contributed by atoms with Gasteiger partial charge in [0.25, 0.3) is 0 Å². The van der Waals surface area contributed by atoms with E-state index < -0.39 is 17.5 Å². The van der Waals surface area contributed by atoms with Gasteiger partial charge in [0.2, 0.25) is 0 Å². The maximum atomic E-state index is 12.2. The van der Waals surface area contributed by atoms with E-state index in [1.807, 2.05) is 0 Å². The molecule has 0 saturated heterocycles. The molecule has 22 heavy (non-hydrogen) atoms. The number of carbonyl (C=O) groups is 2. The van der Waals surface area contributed by atoms with Crippen molar-refractivity contribution in [3.63, 3.8) is 0 Å². The Morgan fingerprint density at radius 3 is 2.55 bits per heavy atom. The van der Waals surface area contributed by atoms with E-state index in [0.717, 1.165) is 0 Å². The maximum absolute atomic E-state index is 12.2. The van der Waals surface area contributed by atoms with Crippen LogP contribution in [0.3, 0.4) is 0 Å². The minimum absolute atomic E-state index is 0.206. The first-order valence-electron chi connectivity index (χ1n) is 6.68. The first-order valence-corrected chi connectivity index (χ1v) is 6.68. The summed E-state index contributed by atoms with van der Waals surface area (Å²) in [5.74, 6) is -1.00. The molecule has 0 fully saturated rings. The average molecular weight is 303 g/mol. The summed E-state index contributed by atoms with van der Waals surface area (Å²) in [7, 11) is 1.30. The third-order valence-corrected chi connectivity index (χ3v) is 2.75. The maximum Gasteiger partial charge on any atom is 0.344 e. The zero-order valence-corrected chi connectivity index (χ0v) is 12.9. The summed E-state index contributed by atoms with van der Waals surface area (Å²) in [4.78, 5) is 23.8. The second-order valence-corrected chi connectivity index (χ2v) is 5.65. The zero-order valence-electron chi connectivity index (χ0n) is 12.9. The quantitative estimate of drug-likeness (QED) is 0.811. The monoisotopic (exact) mass is 303 g/mol. The number of hydrogen-bond acceptors (Lipinski definition) is 6. The first-order chi connectivity index (χ1) is 10.3. The van der Waals surface area contributed by atoms with E-state index in [-0.39, 0.29) is 5.56 Å². The van der Waals surface area contributed by atoms with E-state index in [2.05, 4.69) is 9.89 Å². The van der Waals surface area contributed by atoms with Crippen LogP contribution in [0.2, 0.25) is 0 Å². The molecule has 0 saturated carbocycles. The standard InChI is InChI=1S/C16H17NO5/c1-16(2,3)22-15(19)12-9-21-17-13(12)10-6-5-7-11(8-10)14(18)20-4/h5-9H,1-4H3. The summed E-state index contributed by atoms with van der Waals surface area (Å²) in [6.07, 6.45) is 1.23. The number of benzene rings is 1. The molecule has 0 radical (unpaired) electrons. The molecule has 6 heteroatoms. The van der Waals surface area contributed by atoms with Crippen molar-refractivity contribution in [2.24, 2.45) is 0 Å². The predicted octanol–water partition coefficient (Wildman–Crippen LogP) is 3.08. The normalized spacial score (nSPS) is 11.1. The number of methoxy groups -OCH3 is 1. The molecular weight excluding hydrogens is 286 g/mol. The number of rotatable bonds is 3. The van der Waals surface area contributed by atoms with Crippen molar-refractivity contribution in [1.29, 1.82) is 0 Å². The highest BCUT2D eigenvalue weighted by molar-refractivity contribution is 5.97. The lowest BCUT2D eigenvalue weighted by Crippen LogP contribution is -2.24. The summed E-state index contributed by atoms with van der Waals surface area (Å²) in [6.45, 7) is 5.32. The van der Waals surface area contributed by atoms with Gasteiger partial charge >= 0.3 is 11.9 Å². The van der Waals surface area contributed by atoms with Gasteiger partial charge in [-0.1, -0.05) is 17.3 Å². The Kier molecular flexibility index (Phi) is 4.30. The Morgan fingerprint density at radius 2 is 1.91 bits per heavy atom. The molecule has 0 aliphatic rings. The van der Waals surface area contributed by atoms with Crippen molar-refractivity contribution in [2.45, 2.75) is 26.4 Å². The van der Waals surface area contributed by atoms with Crippen LogP contribution in [-0.2, 0) is 9.47 Å². The first kappa shape index (κ1) is 15.8. The third kappa shape index (κ3) is 3.52. The summed E-state index contributed by atoms with van der Waals surface area (Å²) in [5, 5.41) is 3.84. The molecule has 0 aliphatic carbocycles. The van der Waals surface area contributed by atoms with Crippen molar-refractivity contribution in [3.05, 3.63) is 41.7 Å². The van der Waals surface area contributed by atoms with E-state index >= 15 is 0 Å². The second-order valence-electron chi connectivity index (χ2n) is 5.65. The Balaban J connectivity index is 2.37. The molecule has 116 valence electrons. The number of aromatic nitrogens is 1. The molecule has 0 aliphatic heterocycles. The lowest BCUT2D eigenvalue weighted by molar-refractivity contribution is 0.00695. The molecule has 0 unspecified atom stereocenters. The summed E-state index contributed by atoms with van der Waals surface area (Å²) in [6, 6.07) is 6.59. The Hall–Kier alpha value is -2.63. The topological polar surface area (TPSA) is 78.6 Å². The average Bonchev–Trinajstić information content (AvgIpc) is 2.94. The van der Waals surface area contributed by atoms with Crippen molar-refractivity contribution in [1.82, 2.24) is 5.16 Å². The molecule has 0 atom stereocenters. The zero-order chi connectivity index (χ0) is 16.3. The van der Waals surface area contributed by atoms with E-state index in [1.54, 1.807) is 45.0 Å². The highest BCUT2D eigenvalue weighted by Crippen LogP contribution is 2.25. The van der Waals surface area contributed by atoms with Gasteiger partial charge in [0.15, 0.2) is 0 Å². The van der Waals surface area contributed by atoms with Gasteiger partial charge < -0.3 is 14.0 Å². The minimum Gasteiger partial charge on any atom is -0.465 e. The molecule has 6 nitrogen and oxygen atoms in total. The fraction of sp³-hybridized carbons (Fsp3) is 0.312. The van der Waals surface area contributed by atoms with Gasteiger partial charge in [0.05, 0.1) is 12.7 Å². The van der Waals surface area contributed by atoms with Gasteiger partial charge in [-0.05, 0) is 32.9 Å². The van der Waals surface area contributed by atoms with Crippen LogP contribution in [0.5, 0.6) is 0 Å². The molecule has 2 aromatic rings. The highest BCUT2D eigenvalue weighted by atomic mass is 16.6. The van der Waals surface area contributed by atoms with Crippen LogP contribution >= 0.6 is 0 Å². The molecule has 0 spiro atoms. The van der Waals surface area contributed by atoms with Crippen LogP contribution in [0, 0.1) is 0 Å². The Bertz CT molecular complexity index is 697. The summed E-state index contributed by atoms with van der Waals surface area (Å²) in [5.41, 5.74) is 0.826. The van der Waals surface area contributed by atoms with Crippen molar-refractivity contribution in [3.8, 4) is 11.3 Å². The van der Waals surface area contributed by atoms with Gasteiger partial charge in [-0.3, -0.25) is 0 Å². The van der Waals surface area contributed by atoms with Crippen molar-refractivity contribution in [2.75, 3.05) is 7.11 Å². The van der Waals surface area contributed by atoms with Crippen LogP contribution in [0.15, 0.2) is 35.1 Å². The lowest BCUT2D eigenvalue weighted by atomic mass is 10.0. The number of carbonyl (C=O) groups excluding carboxylic acids is 2. The van der Waals surface area contributed by atoms with Crippen molar-refractivity contribution < 1.29 is 23.6 Å². The molecule has 0 N–H and O–H groups in total. The molecule has 1 aromatic carbocycles. The molecule has 0 bridgehead atoms. The van der Waals surface area contributed by atoms with Crippen LogP contribution in [0.4, 0.5) is 0 Å². The fourth-order valence-electron chi connectivity index (χ4n) is 1.83. The number of ether oxygens (including phenoxy) is 2. The highest BCUT2D eigenvalue weighted by Gasteiger charge is 2.24. The van der Waals surface area contributed by atoms with E-state index in [4.69, 9.17) is 9.26 Å². The predicted molar refractivity (Wildman–Crippen MR) is 78.4 cm³/mol. The van der Waals surface area contributed by atoms with E-state index in [0.29, 0.717) is 16.8 Å². The third-order valence-electron chi connectivity index (χ3n) is 2.75. The van der Waals surface area contributed by atoms with Gasteiger partial charge in [0, 0.05) is 5.56 Å². The summed E-state index contributed by atoms with van der Waals surface area (Å²) >= 11 is 0. The van der Waals surface area contributed by atoms with Crippen LogP contribution in [0.25, 0.3) is 11.3 Å². The second kappa shape index (κ2) is 6.01. The number of hydrogen-bond donors (Lipinski definition) is 0. The molecule has 0 amide bonds. The number of nitrogens with zero attached hydrogens (tertiary/aromatic N) is 1. The van der Waals surface area contributed by atoms with Gasteiger partial charge in [-0.25, -0.2) is 9.59 Å². The molecule has 1 heterocycles. The minimum atomic E-state index is -0.626. The smallest absolute Gasteiger partial charge is 0.344 e. The van der Waals surface area contributed by atoms with Crippen LogP contribution in [0.1, 0.15) is 41.5 Å². The van der Waals surface area contributed by atoms with Crippen LogP contribution < -0.4 is 0 Å². The Labute approximate surface area is 128 Å². The summed E-state index contributed by atoms with van der Waals surface area (Å²) < 4.78 is 14.9. The Morgan fingerprint density at radius 1 is 1.18 bits per heavy atom. The molecule has 1 aromatic heterocycles. The van der Waals surface area contributed by atoms with Gasteiger partial charge in [-0.15, -0.1) is 0 Å². The van der Waals surface area contributed by atoms with Crippen molar-refractivity contribution >= 4 is 11.9 Å². The van der Waals surface area contributed by atoms with E-state index in [9.17, 15) is 9.59 Å². The SMILES string of the molecule is COC(=O)c1cccc(-c2nocc2C(=O)OC(C)(C)C)c1. The van der Waals surface area contributed by atoms with Gasteiger partial charge in [0.1, 0.15) is 23.1 Å².